The van der Waals surface area contributed by atoms with Gasteiger partial charge in [0.25, 0.3) is 0 Å². The van der Waals surface area contributed by atoms with E-state index in [0.29, 0.717) is 11.7 Å². The second-order valence-corrected chi connectivity index (χ2v) is 5.87. The highest BCUT2D eigenvalue weighted by molar-refractivity contribution is 5.65. The maximum atomic E-state index is 10.2. The number of hydrogen-bond acceptors (Lipinski definition) is 3. The number of hydrogen-bond donors (Lipinski definition) is 2. The Hall–Kier alpha value is -2.00. The molecule has 0 aliphatic carbocycles. The van der Waals surface area contributed by atoms with E-state index in [9.17, 15) is 5.11 Å². The number of para-hydroxylation sites is 1. The van der Waals surface area contributed by atoms with Crippen molar-refractivity contribution in [2.45, 2.75) is 25.0 Å². The van der Waals surface area contributed by atoms with Crippen molar-refractivity contribution in [3.05, 3.63) is 59.7 Å². The molecule has 3 heteroatoms. The van der Waals surface area contributed by atoms with E-state index < -0.39 is 0 Å². The lowest BCUT2D eigenvalue weighted by Gasteiger charge is -2.43. The van der Waals surface area contributed by atoms with Crippen molar-refractivity contribution in [2.75, 3.05) is 11.9 Å². The van der Waals surface area contributed by atoms with Gasteiger partial charge < -0.3 is 15.2 Å². The maximum absolute atomic E-state index is 10.2. The number of nitrogens with one attached hydrogen (secondary N) is 1. The standard InChI is InChI=1S/C18H19NO2/c20-15-10-4-8-14-17(15)19-16(12-6-2-1-3-7-12)13-9-5-11-21-18(13)14/h1-4,6-8,10,13,16,18-20H,5,9,11H2/t13-,16+,18-/m0/s1. The number of aromatic hydroxyl groups is 1. The lowest BCUT2D eigenvalue weighted by Crippen LogP contribution is -2.35. The van der Waals surface area contributed by atoms with Crippen LogP contribution in [0.4, 0.5) is 5.69 Å². The van der Waals surface area contributed by atoms with E-state index in [-0.39, 0.29) is 12.1 Å². The molecule has 2 heterocycles. The molecule has 2 aromatic carbocycles. The molecule has 21 heavy (non-hydrogen) atoms. The van der Waals surface area contributed by atoms with Crippen LogP contribution in [0.1, 0.15) is 36.1 Å². The number of anilines is 1. The predicted octanol–water partition coefficient (Wildman–Crippen LogP) is 4.03. The van der Waals surface area contributed by atoms with E-state index in [4.69, 9.17) is 4.74 Å². The summed E-state index contributed by atoms with van der Waals surface area (Å²) in [7, 11) is 0. The molecule has 0 radical (unpaired) electrons. The zero-order valence-corrected chi connectivity index (χ0v) is 11.8. The highest BCUT2D eigenvalue weighted by Crippen LogP contribution is 2.51. The number of phenols is 1. The molecule has 3 nitrogen and oxygen atoms in total. The fraction of sp³-hybridized carbons (Fsp3) is 0.333. The average Bonchev–Trinajstić information content (AvgIpc) is 2.55. The van der Waals surface area contributed by atoms with Crippen LogP contribution in [-0.4, -0.2) is 11.7 Å². The zero-order valence-electron chi connectivity index (χ0n) is 11.8. The summed E-state index contributed by atoms with van der Waals surface area (Å²) < 4.78 is 6.06. The van der Waals surface area contributed by atoms with Crippen molar-refractivity contribution < 1.29 is 9.84 Å². The van der Waals surface area contributed by atoms with E-state index in [2.05, 4.69) is 35.6 Å². The average molecular weight is 281 g/mol. The molecule has 0 unspecified atom stereocenters. The Bertz CT molecular complexity index is 641. The second-order valence-electron chi connectivity index (χ2n) is 5.87. The quantitative estimate of drug-likeness (QED) is 0.776. The van der Waals surface area contributed by atoms with Crippen LogP contribution in [0.15, 0.2) is 48.5 Å². The summed E-state index contributed by atoms with van der Waals surface area (Å²) in [5.74, 6) is 0.719. The Morgan fingerprint density at radius 2 is 1.90 bits per heavy atom. The van der Waals surface area contributed by atoms with Gasteiger partial charge in [-0.2, -0.15) is 0 Å². The number of rotatable bonds is 1. The summed E-state index contributed by atoms with van der Waals surface area (Å²) in [6.45, 7) is 0.803. The van der Waals surface area contributed by atoms with Gasteiger partial charge in [0.2, 0.25) is 0 Å². The fourth-order valence-corrected chi connectivity index (χ4v) is 3.67. The molecule has 1 fully saturated rings. The normalized spacial score (nSPS) is 27.3. The van der Waals surface area contributed by atoms with Crippen LogP contribution in [0, 0.1) is 5.92 Å². The largest absolute Gasteiger partial charge is 0.506 e. The Morgan fingerprint density at radius 3 is 2.76 bits per heavy atom. The van der Waals surface area contributed by atoms with Crippen LogP contribution in [0.3, 0.4) is 0 Å². The number of benzene rings is 2. The lowest BCUT2D eigenvalue weighted by molar-refractivity contribution is -0.0382. The predicted molar refractivity (Wildman–Crippen MR) is 82.3 cm³/mol. The minimum absolute atomic E-state index is 0.0762. The van der Waals surface area contributed by atoms with Crippen LogP contribution in [0.25, 0.3) is 0 Å². The lowest BCUT2D eigenvalue weighted by atomic mass is 9.77. The Balaban J connectivity index is 1.81. The van der Waals surface area contributed by atoms with Gasteiger partial charge in [-0.3, -0.25) is 0 Å². The molecule has 2 aromatic rings. The highest BCUT2D eigenvalue weighted by Gasteiger charge is 2.40. The van der Waals surface area contributed by atoms with Crippen LogP contribution in [-0.2, 0) is 4.74 Å². The summed E-state index contributed by atoms with van der Waals surface area (Å²) in [6.07, 6.45) is 2.32. The molecule has 2 N–H and O–H groups in total. The molecule has 108 valence electrons. The van der Waals surface area contributed by atoms with Crippen LogP contribution in [0.5, 0.6) is 5.75 Å². The first-order valence-electron chi connectivity index (χ1n) is 7.59. The van der Waals surface area contributed by atoms with E-state index >= 15 is 0 Å². The van der Waals surface area contributed by atoms with Gasteiger partial charge in [0.05, 0.1) is 17.8 Å². The molecule has 2 aliphatic rings. The zero-order chi connectivity index (χ0) is 14.2. The van der Waals surface area contributed by atoms with Gasteiger partial charge in [0.15, 0.2) is 0 Å². The minimum atomic E-state index is 0.0762. The van der Waals surface area contributed by atoms with Crippen molar-refractivity contribution in [3.63, 3.8) is 0 Å². The third-order valence-corrected chi connectivity index (χ3v) is 4.64. The Kier molecular flexibility index (Phi) is 3.08. The van der Waals surface area contributed by atoms with Crippen molar-refractivity contribution in [1.29, 1.82) is 0 Å². The number of ether oxygens (including phenoxy) is 1. The SMILES string of the molecule is Oc1cccc2c1N[C@H](c1ccccc1)[C@@H]1CCCO[C@H]21. The second kappa shape index (κ2) is 5.08. The molecule has 4 rings (SSSR count). The molecule has 2 aliphatic heterocycles. The van der Waals surface area contributed by atoms with E-state index in [1.807, 2.05) is 12.1 Å². The molecule has 0 aromatic heterocycles. The monoisotopic (exact) mass is 281 g/mol. The Labute approximate surface area is 124 Å². The molecule has 0 amide bonds. The summed E-state index contributed by atoms with van der Waals surface area (Å²) in [6, 6.07) is 16.3. The summed E-state index contributed by atoms with van der Waals surface area (Å²) in [4.78, 5) is 0. The topological polar surface area (TPSA) is 41.5 Å². The summed E-state index contributed by atoms with van der Waals surface area (Å²) in [5.41, 5.74) is 3.17. The van der Waals surface area contributed by atoms with E-state index in [0.717, 1.165) is 30.7 Å². The van der Waals surface area contributed by atoms with Gasteiger partial charge in [-0.05, 0) is 24.5 Å². The minimum Gasteiger partial charge on any atom is -0.506 e. The van der Waals surface area contributed by atoms with Gasteiger partial charge in [-0.1, -0.05) is 42.5 Å². The van der Waals surface area contributed by atoms with Crippen LogP contribution >= 0.6 is 0 Å². The highest BCUT2D eigenvalue weighted by atomic mass is 16.5. The van der Waals surface area contributed by atoms with E-state index in [1.54, 1.807) is 6.07 Å². The van der Waals surface area contributed by atoms with E-state index in [1.165, 1.54) is 5.56 Å². The van der Waals surface area contributed by atoms with Crippen LogP contribution < -0.4 is 5.32 Å². The van der Waals surface area contributed by atoms with Crippen molar-refractivity contribution >= 4 is 5.69 Å². The van der Waals surface area contributed by atoms with Crippen molar-refractivity contribution in [1.82, 2.24) is 0 Å². The van der Waals surface area contributed by atoms with Gasteiger partial charge >= 0.3 is 0 Å². The first-order valence-corrected chi connectivity index (χ1v) is 7.59. The molecular formula is C18H19NO2. The Morgan fingerprint density at radius 1 is 1.05 bits per heavy atom. The first kappa shape index (κ1) is 12.7. The first-order chi connectivity index (χ1) is 10.3. The molecule has 3 atom stereocenters. The van der Waals surface area contributed by atoms with Gasteiger partial charge in [-0.25, -0.2) is 0 Å². The third kappa shape index (κ3) is 2.09. The van der Waals surface area contributed by atoms with Gasteiger partial charge in [-0.15, -0.1) is 0 Å². The van der Waals surface area contributed by atoms with Gasteiger partial charge in [0, 0.05) is 18.1 Å². The molecular weight excluding hydrogens is 262 g/mol. The summed E-state index contributed by atoms with van der Waals surface area (Å²) >= 11 is 0. The maximum Gasteiger partial charge on any atom is 0.139 e. The van der Waals surface area contributed by atoms with Crippen LogP contribution in [0.2, 0.25) is 0 Å². The summed E-state index contributed by atoms with van der Waals surface area (Å²) in [5, 5.41) is 13.7. The molecule has 0 spiro atoms. The third-order valence-electron chi connectivity index (χ3n) is 4.64. The fourth-order valence-electron chi connectivity index (χ4n) is 3.67. The smallest absolute Gasteiger partial charge is 0.139 e. The van der Waals surface area contributed by atoms with Crippen molar-refractivity contribution in [2.24, 2.45) is 5.92 Å². The molecule has 1 saturated heterocycles. The molecule has 0 saturated carbocycles. The number of fused-ring (bicyclic) bond motifs is 3. The van der Waals surface area contributed by atoms with Crippen molar-refractivity contribution in [3.8, 4) is 5.75 Å². The molecule has 0 bridgehead atoms. The number of phenolic OH excluding ortho intramolecular Hbond substituents is 1. The van der Waals surface area contributed by atoms with Gasteiger partial charge in [0.1, 0.15) is 5.75 Å².